The lowest BCUT2D eigenvalue weighted by atomic mass is 9.74. The Morgan fingerprint density at radius 1 is 0.667 bits per heavy atom. The topological polar surface area (TPSA) is 20.2 Å². The summed E-state index contributed by atoms with van der Waals surface area (Å²) in [7, 11) is 0. The lowest BCUT2D eigenvalue weighted by molar-refractivity contribution is 0.0366. The van der Waals surface area contributed by atoms with Gasteiger partial charge in [-0.05, 0) is 47.1 Å². The molecule has 128 valence electrons. The number of hydrogen-bond donors (Lipinski definition) is 1. The summed E-state index contributed by atoms with van der Waals surface area (Å²) in [6.45, 7) is 9.48. The van der Waals surface area contributed by atoms with E-state index in [1.54, 1.807) is 0 Å². The zero-order valence-electron chi connectivity index (χ0n) is 15.3. The minimum Gasteiger partial charge on any atom is -0.380 e. The fourth-order valence-electron chi connectivity index (χ4n) is 4.76. The smallest absolute Gasteiger partial charge is 0.115 e. The predicted octanol–water partition coefficient (Wildman–Crippen LogP) is 5.49. The third-order valence-electron chi connectivity index (χ3n) is 6.87. The summed E-state index contributed by atoms with van der Waals surface area (Å²) in [5.41, 5.74) is 1.09. The molecule has 3 rings (SSSR count). The molecule has 0 spiro atoms. The summed E-state index contributed by atoms with van der Waals surface area (Å²) in [6, 6.07) is 20.4. The van der Waals surface area contributed by atoms with E-state index in [4.69, 9.17) is 0 Å². The molecule has 0 saturated heterocycles. The van der Waals surface area contributed by atoms with Gasteiger partial charge >= 0.3 is 0 Å². The zero-order valence-corrected chi connectivity index (χ0v) is 15.3. The lowest BCUT2D eigenvalue weighted by Gasteiger charge is -2.35. The van der Waals surface area contributed by atoms with Gasteiger partial charge in [-0.1, -0.05) is 88.4 Å². The summed E-state index contributed by atoms with van der Waals surface area (Å²) >= 11 is 0. The molecule has 0 amide bonds. The summed E-state index contributed by atoms with van der Waals surface area (Å²) in [4.78, 5) is 0. The molecule has 0 radical (unpaired) electrons. The molecule has 1 saturated carbocycles. The van der Waals surface area contributed by atoms with Crippen LogP contribution in [0.15, 0.2) is 60.7 Å². The number of hydrogen-bond acceptors (Lipinski definition) is 1. The predicted molar refractivity (Wildman–Crippen MR) is 101 cm³/mol. The van der Waals surface area contributed by atoms with Crippen molar-refractivity contribution in [3.05, 3.63) is 71.8 Å². The number of rotatable bonds is 4. The zero-order chi connectivity index (χ0) is 17.3. The van der Waals surface area contributed by atoms with E-state index in [0.717, 1.165) is 17.5 Å². The Kier molecular flexibility index (Phi) is 4.83. The van der Waals surface area contributed by atoms with E-state index in [-0.39, 0.29) is 0 Å². The first kappa shape index (κ1) is 17.2. The maximum Gasteiger partial charge on any atom is 0.115 e. The fraction of sp³-hybridized carbons (Fsp3) is 0.478. The van der Waals surface area contributed by atoms with E-state index < -0.39 is 5.60 Å². The Morgan fingerprint density at radius 2 is 1.04 bits per heavy atom. The molecule has 1 fully saturated rings. The highest BCUT2D eigenvalue weighted by Gasteiger charge is 2.46. The average molecular weight is 322 g/mol. The van der Waals surface area contributed by atoms with Crippen molar-refractivity contribution in [3.63, 3.8) is 0 Å². The second kappa shape index (κ2) is 6.72. The van der Waals surface area contributed by atoms with E-state index in [2.05, 4.69) is 52.0 Å². The molecule has 24 heavy (non-hydrogen) atoms. The third-order valence-corrected chi connectivity index (χ3v) is 6.87. The number of aliphatic hydroxyl groups is 1. The molecule has 5 atom stereocenters. The normalized spacial score (nSPS) is 30.5. The molecule has 1 heteroatoms. The monoisotopic (exact) mass is 322 g/mol. The van der Waals surface area contributed by atoms with Crippen molar-refractivity contribution in [1.82, 2.24) is 0 Å². The highest BCUT2D eigenvalue weighted by Crippen LogP contribution is 2.50. The Morgan fingerprint density at radius 3 is 1.42 bits per heavy atom. The summed E-state index contributed by atoms with van der Waals surface area (Å²) in [5, 5.41) is 11.8. The minimum absolute atomic E-state index is 0.528. The fourth-order valence-corrected chi connectivity index (χ4v) is 4.76. The van der Waals surface area contributed by atoms with Gasteiger partial charge in [0.1, 0.15) is 5.60 Å². The molecule has 4 unspecified atom stereocenters. The molecule has 0 aromatic heterocycles. The van der Waals surface area contributed by atoms with Gasteiger partial charge in [-0.2, -0.15) is 0 Å². The van der Waals surface area contributed by atoms with Crippen LogP contribution >= 0.6 is 0 Å². The Balaban J connectivity index is 2.01. The molecule has 2 aromatic carbocycles. The van der Waals surface area contributed by atoms with Crippen LogP contribution in [0.5, 0.6) is 0 Å². The van der Waals surface area contributed by atoms with Crippen molar-refractivity contribution in [2.45, 2.75) is 39.7 Å². The van der Waals surface area contributed by atoms with Crippen molar-refractivity contribution >= 4 is 0 Å². The Hall–Kier alpha value is -1.60. The average Bonchev–Trinajstić information content (AvgIpc) is 2.81. The second-order valence-corrected chi connectivity index (χ2v) is 7.90. The number of benzene rings is 2. The molecule has 0 aliphatic heterocycles. The molecule has 0 bridgehead atoms. The van der Waals surface area contributed by atoms with Gasteiger partial charge in [0, 0.05) is 0 Å². The van der Waals surface area contributed by atoms with Crippen LogP contribution in [0.1, 0.15) is 45.2 Å². The van der Waals surface area contributed by atoms with Gasteiger partial charge < -0.3 is 5.11 Å². The molecule has 1 nitrogen and oxygen atoms in total. The van der Waals surface area contributed by atoms with Crippen molar-refractivity contribution < 1.29 is 5.11 Å². The minimum atomic E-state index is -0.917. The van der Waals surface area contributed by atoms with Gasteiger partial charge in [-0.3, -0.25) is 0 Å². The van der Waals surface area contributed by atoms with Crippen LogP contribution in [-0.4, -0.2) is 5.11 Å². The molecule has 1 N–H and O–H groups in total. The van der Waals surface area contributed by atoms with Crippen molar-refractivity contribution in [2.75, 3.05) is 0 Å². The van der Waals surface area contributed by atoms with Crippen LogP contribution in [-0.2, 0) is 5.60 Å². The van der Waals surface area contributed by atoms with Gasteiger partial charge in [-0.25, -0.2) is 0 Å². The van der Waals surface area contributed by atoms with Crippen LogP contribution in [0.25, 0.3) is 0 Å². The van der Waals surface area contributed by atoms with Crippen LogP contribution in [0.2, 0.25) is 0 Å². The molecule has 1 aliphatic carbocycles. The summed E-state index contributed by atoms with van der Waals surface area (Å²) in [5.74, 6) is 3.21. The first-order valence-electron chi connectivity index (χ1n) is 9.28. The van der Waals surface area contributed by atoms with E-state index in [1.807, 2.05) is 36.4 Å². The van der Waals surface area contributed by atoms with Gasteiger partial charge in [0.25, 0.3) is 0 Å². The highest BCUT2D eigenvalue weighted by molar-refractivity contribution is 5.36. The van der Waals surface area contributed by atoms with Gasteiger partial charge in [0.2, 0.25) is 0 Å². The maximum absolute atomic E-state index is 11.8. The molecular formula is C23H30O. The Labute approximate surface area is 146 Å². The third kappa shape index (κ3) is 2.91. The summed E-state index contributed by atoms with van der Waals surface area (Å²) in [6.07, 6.45) is 0.790. The standard InChI is InChI=1S/C23H30O/c1-16-17(2)19(4)22(18(16)3)15-23(24,20-11-7-5-8-12-20)21-13-9-6-10-14-21/h5-14,16-19,22,24H,15H2,1-4H3/t16?,17?,18-,19?,22?/m0/s1. The summed E-state index contributed by atoms with van der Waals surface area (Å²) < 4.78 is 0. The van der Waals surface area contributed by atoms with Gasteiger partial charge in [-0.15, -0.1) is 0 Å². The molecule has 0 heterocycles. The molecule has 1 aliphatic rings. The molecular weight excluding hydrogens is 292 g/mol. The van der Waals surface area contributed by atoms with E-state index >= 15 is 0 Å². The Bertz CT molecular complexity index is 595. The maximum atomic E-state index is 11.8. The SMILES string of the molecule is CC1C(C)C(CC(O)(c2ccccc2)c2ccccc2)[C@@H](C)C1C. The van der Waals surface area contributed by atoms with Crippen molar-refractivity contribution in [2.24, 2.45) is 29.6 Å². The largest absolute Gasteiger partial charge is 0.380 e. The van der Waals surface area contributed by atoms with Crippen LogP contribution in [0.4, 0.5) is 0 Å². The van der Waals surface area contributed by atoms with Crippen LogP contribution in [0, 0.1) is 29.6 Å². The molecule has 2 aromatic rings. The van der Waals surface area contributed by atoms with Crippen LogP contribution < -0.4 is 0 Å². The van der Waals surface area contributed by atoms with Crippen molar-refractivity contribution in [1.29, 1.82) is 0 Å². The van der Waals surface area contributed by atoms with E-state index in [1.165, 1.54) is 0 Å². The first-order chi connectivity index (χ1) is 11.4. The second-order valence-electron chi connectivity index (χ2n) is 7.90. The van der Waals surface area contributed by atoms with E-state index in [9.17, 15) is 5.11 Å². The van der Waals surface area contributed by atoms with Crippen LogP contribution in [0.3, 0.4) is 0 Å². The van der Waals surface area contributed by atoms with Gasteiger partial charge in [0.15, 0.2) is 0 Å². The van der Waals surface area contributed by atoms with E-state index in [0.29, 0.717) is 29.6 Å². The van der Waals surface area contributed by atoms with Gasteiger partial charge in [0.05, 0.1) is 0 Å². The quantitative estimate of drug-likeness (QED) is 0.789. The lowest BCUT2D eigenvalue weighted by Crippen LogP contribution is -2.33. The highest BCUT2D eigenvalue weighted by atomic mass is 16.3. The van der Waals surface area contributed by atoms with Crippen molar-refractivity contribution in [3.8, 4) is 0 Å². The first-order valence-corrected chi connectivity index (χ1v) is 9.28.